The third-order valence-electron chi connectivity index (χ3n) is 4.11. The number of nitrogens with zero attached hydrogens (tertiary/aromatic N) is 3. The molecule has 1 fully saturated rings. The summed E-state index contributed by atoms with van der Waals surface area (Å²) in [7, 11) is 0. The lowest BCUT2D eigenvalue weighted by molar-refractivity contribution is -0.384. The Morgan fingerprint density at radius 3 is 2.54 bits per heavy atom. The van der Waals surface area contributed by atoms with E-state index >= 15 is 0 Å². The summed E-state index contributed by atoms with van der Waals surface area (Å²) in [5.41, 5.74) is -0.105. The second kappa shape index (κ2) is 5.85. The number of anilines is 1. The van der Waals surface area contributed by atoms with E-state index in [-0.39, 0.29) is 17.1 Å². The minimum atomic E-state index is -1.20. The molecular formula is C16H9N3O6S. The van der Waals surface area contributed by atoms with Crippen LogP contribution in [0.5, 0.6) is 0 Å². The van der Waals surface area contributed by atoms with Crippen LogP contribution in [0.4, 0.5) is 11.4 Å². The van der Waals surface area contributed by atoms with Crippen molar-refractivity contribution in [2.45, 2.75) is 6.10 Å². The molecule has 4 rings (SSSR count). The Hall–Kier alpha value is -3.40. The predicted octanol–water partition coefficient (Wildman–Crippen LogP) is 1.78. The van der Waals surface area contributed by atoms with Crippen molar-refractivity contribution < 1.29 is 24.1 Å². The van der Waals surface area contributed by atoms with Crippen LogP contribution < -0.4 is 4.90 Å². The molecular weight excluding hydrogens is 362 g/mol. The third-order valence-corrected chi connectivity index (χ3v) is 4.98. The minimum Gasteiger partial charge on any atom is -0.381 e. The lowest BCUT2D eigenvalue weighted by Gasteiger charge is -2.14. The Balaban J connectivity index is 1.64. The van der Waals surface area contributed by atoms with Gasteiger partial charge in [0.25, 0.3) is 11.6 Å². The number of oxime groups is 1. The van der Waals surface area contributed by atoms with Gasteiger partial charge >= 0.3 is 0 Å². The first-order valence-corrected chi connectivity index (χ1v) is 8.31. The van der Waals surface area contributed by atoms with Crippen molar-refractivity contribution in [2.24, 2.45) is 11.1 Å². The van der Waals surface area contributed by atoms with E-state index in [9.17, 15) is 24.5 Å². The number of carbonyl (C=O) groups excluding carboxylic acids is 3. The topological polar surface area (TPSA) is 119 Å². The Kier molecular flexibility index (Phi) is 3.62. The fraction of sp³-hybridized carbons (Fsp3) is 0.125. The van der Waals surface area contributed by atoms with Crippen molar-refractivity contribution in [3.05, 3.63) is 56.8 Å². The summed E-state index contributed by atoms with van der Waals surface area (Å²) < 4.78 is 0. The average molecular weight is 371 g/mol. The highest BCUT2D eigenvalue weighted by atomic mass is 32.1. The van der Waals surface area contributed by atoms with Gasteiger partial charge in [-0.1, -0.05) is 11.2 Å². The first kappa shape index (κ1) is 16.1. The highest BCUT2D eigenvalue weighted by Gasteiger charge is 2.57. The number of rotatable bonds is 4. The van der Waals surface area contributed by atoms with E-state index in [4.69, 9.17) is 4.84 Å². The zero-order chi connectivity index (χ0) is 18.4. The van der Waals surface area contributed by atoms with E-state index in [0.29, 0.717) is 4.88 Å². The number of imide groups is 1. The fourth-order valence-corrected chi connectivity index (χ4v) is 3.55. The summed E-state index contributed by atoms with van der Waals surface area (Å²) in [6.07, 6.45) is -1.20. The van der Waals surface area contributed by atoms with Crippen LogP contribution in [0.2, 0.25) is 0 Å². The van der Waals surface area contributed by atoms with E-state index in [0.717, 1.165) is 4.90 Å². The molecule has 2 aliphatic heterocycles. The van der Waals surface area contributed by atoms with Crippen LogP contribution in [-0.4, -0.2) is 34.3 Å². The zero-order valence-corrected chi connectivity index (χ0v) is 13.7. The summed E-state index contributed by atoms with van der Waals surface area (Å²) in [5, 5.41) is 16.1. The van der Waals surface area contributed by atoms with E-state index in [2.05, 4.69) is 5.16 Å². The van der Waals surface area contributed by atoms with Crippen LogP contribution in [0.15, 0.2) is 46.9 Å². The Labute approximate surface area is 149 Å². The quantitative estimate of drug-likeness (QED) is 0.350. The molecule has 2 atom stereocenters. The smallest absolute Gasteiger partial charge is 0.278 e. The molecule has 9 nitrogen and oxygen atoms in total. The second-order valence-electron chi connectivity index (χ2n) is 5.57. The Morgan fingerprint density at radius 2 is 1.92 bits per heavy atom. The monoisotopic (exact) mass is 371 g/mol. The van der Waals surface area contributed by atoms with E-state index in [1.807, 2.05) is 0 Å². The largest absolute Gasteiger partial charge is 0.381 e. The molecule has 26 heavy (non-hydrogen) atoms. The molecule has 0 saturated carbocycles. The number of hydrogen-bond acceptors (Lipinski definition) is 8. The number of benzene rings is 1. The van der Waals surface area contributed by atoms with Gasteiger partial charge in [0.2, 0.25) is 17.8 Å². The first-order valence-electron chi connectivity index (χ1n) is 7.43. The number of nitro benzene ring substituents is 1. The van der Waals surface area contributed by atoms with Crippen molar-refractivity contribution in [1.82, 2.24) is 0 Å². The van der Waals surface area contributed by atoms with E-state index in [1.165, 1.54) is 35.6 Å². The van der Waals surface area contributed by atoms with Gasteiger partial charge in [-0.3, -0.25) is 24.5 Å². The number of fused-ring (bicyclic) bond motifs is 1. The van der Waals surface area contributed by atoms with Gasteiger partial charge in [0, 0.05) is 12.1 Å². The molecule has 0 bridgehead atoms. The van der Waals surface area contributed by atoms with Crippen molar-refractivity contribution in [1.29, 1.82) is 0 Å². The predicted molar refractivity (Wildman–Crippen MR) is 90.0 cm³/mol. The van der Waals surface area contributed by atoms with E-state index < -0.39 is 34.5 Å². The number of Topliss-reactive ketones (excluding diaryl/α,β-unsaturated/α-hetero) is 1. The van der Waals surface area contributed by atoms with Gasteiger partial charge in [0.05, 0.1) is 15.5 Å². The highest BCUT2D eigenvalue weighted by Crippen LogP contribution is 2.35. The number of amides is 2. The van der Waals surface area contributed by atoms with Crippen LogP contribution >= 0.6 is 11.3 Å². The molecule has 3 heterocycles. The number of non-ortho nitro benzene ring substituents is 1. The van der Waals surface area contributed by atoms with Gasteiger partial charge in [-0.25, -0.2) is 4.90 Å². The van der Waals surface area contributed by atoms with Gasteiger partial charge in [0.1, 0.15) is 11.6 Å². The molecule has 0 N–H and O–H groups in total. The van der Waals surface area contributed by atoms with Crippen LogP contribution in [-0.2, 0) is 14.4 Å². The Morgan fingerprint density at radius 1 is 1.19 bits per heavy atom. The van der Waals surface area contributed by atoms with Crippen molar-refractivity contribution in [2.75, 3.05) is 4.90 Å². The van der Waals surface area contributed by atoms with Gasteiger partial charge in [0.15, 0.2) is 0 Å². The van der Waals surface area contributed by atoms with Crippen LogP contribution in [0.3, 0.4) is 0 Å². The maximum atomic E-state index is 12.8. The summed E-state index contributed by atoms with van der Waals surface area (Å²) in [4.78, 5) is 54.3. The van der Waals surface area contributed by atoms with Crippen LogP contribution in [0, 0.1) is 16.0 Å². The maximum Gasteiger partial charge on any atom is 0.278 e. The number of ketones is 1. The molecule has 1 saturated heterocycles. The normalized spacial score (nSPS) is 21.4. The molecule has 0 aliphatic carbocycles. The number of hydrogen-bond donors (Lipinski definition) is 0. The third kappa shape index (κ3) is 2.30. The van der Waals surface area contributed by atoms with Gasteiger partial charge in [-0.05, 0) is 23.6 Å². The van der Waals surface area contributed by atoms with Crippen LogP contribution in [0.1, 0.15) is 9.67 Å². The summed E-state index contributed by atoms with van der Waals surface area (Å²) in [5.74, 6) is -2.88. The zero-order valence-electron chi connectivity index (χ0n) is 12.9. The first-order chi connectivity index (χ1) is 12.5. The lowest BCUT2D eigenvalue weighted by atomic mass is 9.96. The fourth-order valence-electron chi connectivity index (χ4n) is 2.88. The lowest BCUT2D eigenvalue weighted by Crippen LogP contribution is -2.34. The molecule has 0 radical (unpaired) electrons. The minimum absolute atomic E-state index is 0.111. The second-order valence-corrected chi connectivity index (χ2v) is 6.52. The Bertz CT molecular complexity index is 966. The molecule has 1 aromatic heterocycles. The summed E-state index contributed by atoms with van der Waals surface area (Å²) >= 11 is 1.20. The molecule has 130 valence electrons. The average Bonchev–Trinajstić information content (AvgIpc) is 3.35. The molecule has 1 aromatic carbocycles. The molecule has 2 aliphatic rings. The van der Waals surface area contributed by atoms with Gasteiger partial charge < -0.3 is 4.84 Å². The molecule has 10 heteroatoms. The van der Waals surface area contributed by atoms with Crippen molar-refractivity contribution >= 4 is 46.0 Å². The molecule has 0 unspecified atom stereocenters. The number of carbonyl (C=O) groups is 3. The van der Waals surface area contributed by atoms with Crippen LogP contribution in [0.25, 0.3) is 0 Å². The van der Waals surface area contributed by atoms with Crippen molar-refractivity contribution in [3.8, 4) is 0 Å². The van der Waals surface area contributed by atoms with Gasteiger partial charge in [-0.2, -0.15) is 0 Å². The molecule has 0 spiro atoms. The van der Waals surface area contributed by atoms with E-state index in [1.54, 1.807) is 17.5 Å². The SMILES string of the molecule is O=C(C1=NO[C@@H]2C(=O)N(c3ccc([N+](=O)[O-])cc3)C(=O)[C@H]12)c1cccs1. The summed E-state index contributed by atoms with van der Waals surface area (Å²) in [6.45, 7) is 0. The van der Waals surface area contributed by atoms with Crippen molar-refractivity contribution in [3.63, 3.8) is 0 Å². The summed E-state index contributed by atoms with van der Waals surface area (Å²) in [6, 6.07) is 8.27. The maximum absolute atomic E-state index is 12.8. The highest BCUT2D eigenvalue weighted by molar-refractivity contribution is 7.13. The van der Waals surface area contributed by atoms with Gasteiger partial charge in [-0.15, -0.1) is 11.3 Å². The number of thiophene rings is 1. The standard InChI is InChI=1S/C16H9N3O6S/c20-13(10-2-1-7-26-10)12-11-14(25-17-12)16(22)18(15(11)21)8-3-5-9(6-4-8)19(23)24/h1-7,11,14H/t11-,14+/m1/s1. The molecule has 2 aromatic rings. The number of nitro groups is 1. The molecule has 2 amide bonds.